The number of hydrogen-bond donors (Lipinski definition) is 1. The number of nitrogens with zero attached hydrogens (tertiary/aromatic N) is 2. The zero-order chi connectivity index (χ0) is 18.9. The Balaban J connectivity index is 2.01. The van der Waals surface area contributed by atoms with Crippen LogP contribution in [0.25, 0.3) is 22.2 Å². The van der Waals surface area contributed by atoms with Gasteiger partial charge in [0.25, 0.3) is 0 Å². The van der Waals surface area contributed by atoms with Gasteiger partial charge in [0.05, 0.1) is 15.6 Å². The number of aryl methyl sites for hydroxylation is 1. The van der Waals surface area contributed by atoms with E-state index in [-0.39, 0.29) is 11.2 Å². The van der Waals surface area contributed by atoms with Gasteiger partial charge in [0.2, 0.25) is 5.43 Å². The van der Waals surface area contributed by atoms with Crippen LogP contribution in [0.1, 0.15) is 12.0 Å². The predicted octanol–water partition coefficient (Wildman–Crippen LogP) is 3.06. The van der Waals surface area contributed by atoms with Crippen LogP contribution in [0.4, 0.5) is 0 Å². The van der Waals surface area contributed by atoms with Gasteiger partial charge in [0.1, 0.15) is 10.9 Å². The number of rotatable bonds is 1. The van der Waals surface area contributed by atoms with Gasteiger partial charge in [-0.15, -0.1) is 11.8 Å². The Morgan fingerprint density at radius 2 is 2.19 bits per heavy atom. The lowest BCUT2D eigenvalue weighted by Crippen LogP contribution is -2.45. The van der Waals surface area contributed by atoms with E-state index in [9.17, 15) is 9.59 Å². The summed E-state index contributed by atoms with van der Waals surface area (Å²) >= 11 is 4.99. The summed E-state index contributed by atoms with van der Waals surface area (Å²) in [7, 11) is 1.89. The number of aromatic nitrogens is 2. The molecule has 4 aliphatic rings. The van der Waals surface area contributed by atoms with Crippen LogP contribution in [0.3, 0.4) is 0 Å². The third kappa shape index (κ3) is 2.09. The van der Waals surface area contributed by atoms with Crippen molar-refractivity contribution in [2.24, 2.45) is 12.0 Å². The summed E-state index contributed by atoms with van der Waals surface area (Å²) in [5.41, 5.74) is 2.83. The van der Waals surface area contributed by atoms with Crippen LogP contribution in [0.2, 0.25) is 0 Å². The van der Waals surface area contributed by atoms with Crippen LogP contribution < -0.4 is 10.8 Å². The molecule has 2 aliphatic carbocycles. The number of ketones is 1. The molecule has 1 aromatic heterocycles. The molecule has 1 atom stereocenters. The van der Waals surface area contributed by atoms with Crippen molar-refractivity contribution in [3.8, 4) is 11.3 Å². The van der Waals surface area contributed by atoms with E-state index in [4.69, 9.17) is 0 Å². The lowest BCUT2D eigenvalue weighted by Gasteiger charge is -2.38. The van der Waals surface area contributed by atoms with Crippen LogP contribution >= 0.6 is 27.7 Å². The fourth-order valence-corrected chi connectivity index (χ4v) is 5.86. The summed E-state index contributed by atoms with van der Waals surface area (Å²) < 4.78 is 2.42. The number of fused-ring (bicyclic) bond motifs is 3. The van der Waals surface area contributed by atoms with Crippen molar-refractivity contribution in [3.63, 3.8) is 0 Å². The second-order valence-corrected chi connectivity index (χ2v) is 8.70. The van der Waals surface area contributed by atoms with Crippen LogP contribution in [0.5, 0.6) is 0 Å². The Kier molecular flexibility index (Phi) is 3.58. The molecule has 5 rings (SSSR count). The first-order chi connectivity index (χ1) is 13.0. The second-order valence-electron chi connectivity index (χ2n) is 7.00. The summed E-state index contributed by atoms with van der Waals surface area (Å²) in [6, 6.07) is 1.98. The molecule has 1 aromatic rings. The SMILES string of the molecule is CSC1=CC(=O)C(Br)=C[C@@]12CCN=c1c2c2[nH]ccc3cn(C)c(c3-2)c1=O. The van der Waals surface area contributed by atoms with Crippen molar-refractivity contribution >= 4 is 44.4 Å². The molecule has 3 heterocycles. The number of benzene rings is 1. The van der Waals surface area contributed by atoms with Gasteiger partial charge in [0, 0.05) is 47.4 Å². The monoisotopic (exact) mass is 441 g/mol. The maximum Gasteiger partial charge on any atom is 0.228 e. The van der Waals surface area contributed by atoms with Crippen molar-refractivity contribution in [1.82, 2.24) is 9.55 Å². The molecular formula is C20H16BrN3O2S. The van der Waals surface area contributed by atoms with E-state index in [1.54, 1.807) is 17.8 Å². The summed E-state index contributed by atoms with van der Waals surface area (Å²) in [6.45, 7) is 0.545. The number of carbonyl (C=O) groups excluding carboxylic acids is 1. The number of allylic oxidation sites excluding steroid dienone is 4. The fraction of sp³-hybridized carbons (Fsp3) is 0.250. The van der Waals surface area contributed by atoms with E-state index in [1.807, 2.05) is 42.4 Å². The van der Waals surface area contributed by atoms with Crippen molar-refractivity contribution in [2.75, 3.05) is 12.8 Å². The number of carbonyl (C=O) groups is 1. The third-order valence-electron chi connectivity index (χ3n) is 5.62. The molecule has 0 radical (unpaired) electrons. The van der Waals surface area contributed by atoms with Gasteiger partial charge >= 0.3 is 0 Å². The van der Waals surface area contributed by atoms with Crippen LogP contribution in [-0.2, 0) is 17.3 Å². The third-order valence-corrected chi connectivity index (χ3v) is 7.16. The number of nitrogens with one attached hydrogen (secondary N) is 1. The Hall–Kier alpha value is -2.12. The smallest absolute Gasteiger partial charge is 0.228 e. The average Bonchev–Trinajstić information content (AvgIpc) is 2.99. The van der Waals surface area contributed by atoms with E-state index in [0.717, 1.165) is 33.5 Å². The lowest BCUT2D eigenvalue weighted by molar-refractivity contribution is -0.110. The molecule has 0 bridgehead atoms. The number of hydrogen-bond acceptors (Lipinski definition) is 4. The molecule has 0 saturated heterocycles. The molecule has 0 fully saturated rings. The average molecular weight is 442 g/mol. The first-order valence-corrected chi connectivity index (χ1v) is 10.7. The molecule has 0 unspecified atom stereocenters. The van der Waals surface area contributed by atoms with Crippen molar-refractivity contribution in [3.05, 3.63) is 61.1 Å². The normalized spacial score (nSPS) is 22.1. The number of H-pyrrole nitrogens is 1. The van der Waals surface area contributed by atoms with Gasteiger partial charge in [-0.25, -0.2) is 0 Å². The summed E-state index contributed by atoms with van der Waals surface area (Å²) in [5, 5.41) is 1.52. The minimum atomic E-state index is -0.531. The molecule has 27 heavy (non-hydrogen) atoms. The summed E-state index contributed by atoms with van der Waals surface area (Å²) in [5.74, 6) is -0.0423. The largest absolute Gasteiger partial charge is 0.361 e. The number of halogens is 1. The lowest BCUT2D eigenvalue weighted by atomic mass is 9.71. The maximum absolute atomic E-state index is 13.4. The standard InChI is InChI=1S/C20H16BrN3O2S/c1-24-9-10-3-5-22-16-14(10)18(24)19(26)17-15(16)20(4-6-23-17)8-11(21)12(25)7-13(20)27-2/h3,5,7-9,22H,4,6H2,1-2H3/t20-/m0/s1. The maximum atomic E-state index is 13.4. The van der Waals surface area contributed by atoms with Gasteiger partial charge in [-0.1, -0.05) is 6.08 Å². The molecule has 0 aromatic carbocycles. The molecular weight excluding hydrogens is 426 g/mol. The Bertz CT molecular complexity index is 1280. The number of aromatic amines is 1. The molecule has 0 saturated carbocycles. The second kappa shape index (κ2) is 5.69. The molecule has 0 amide bonds. The topological polar surface area (TPSA) is 67.2 Å². The molecule has 1 N–H and O–H groups in total. The number of pyridine rings is 1. The molecule has 5 nitrogen and oxygen atoms in total. The van der Waals surface area contributed by atoms with Gasteiger partial charge in [-0.3, -0.25) is 14.6 Å². The first kappa shape index (κ1) is 17.0. The van der Waals surface area contributed by atoms with Crippen LogP contribution in [0, 0.1) is 0 Å². The van der Waals surface area contributed by atoms with Gasteiger partial charge in [-0.05, 0) is 40.7 Å². The van der Waals surface area contributed by atoms with E-state index >= 15 is 0 Å². The van der Waals surface area contributed by atoms with Crippen LogP contribution in [-0.4, -0.2) is 28.1 Å². The van der Waals surface area contributed by atoms with Crippen molar-refractivity contribution < 1.29 is 4.79 Å². The minimum Gasteiger partial charge on any atom is -0.361 e. The summed E-state index contributed by atoms with van der Waals surface area (Å²) in [6.07, 6.45) is 10.2. The molecule has 7 heteroatoms. The highest BCUT2D eigenvalue weighted by Crippen LogP contribution is 2.49. The van der Waals surface area contributed by atoms with Gasteiger partial charge in [0.15, 0.2) is 5.78 Å². The molecule has 1 spiro atoms. The Morgan fingerprint density at radius 3 is 2.96 bits per heavy atom. The van der Waals surface area contributed by atoms with Crippen molar-refractivity contribution in [1.29, 1.82) is 0 Å². The first-order valence-electron chi connectivity index (χ1n) is 8.64. The highest BCUT2D eigenvalue weighted by atomic mass is 79.9. The predicted molar refractivity (Wildman–Crippen MR) is 112 cm³/mol. The fourth-order valence-electron chi connectivity index (χ4n) is 4.50. The molecule has 136 valence electrons. The molecule has 2 aliphatic heterocycles. The van der Waals surface area contributed by atoms with Crippen molar-refractivity contribution in [2.45, 2.75) is 11.8 Å². The highest BCUT2D eigenvalue weighted by Gasteiger charge is 2.44. The van der Waals surface area contributed by atoms with Gasteiger partial charge < -0.3 is 9.55 Å². The van der Waals surface area contributed by atoms with E-state index in [2.05, 4.69) is 25.9 Å². The van der Waals surface area contributed by atoms with E-state index < -0.39 is 5.41 Å². The minimum absolute atomic E-state index is 0.0423. The Morgan fingerprint density at radius 1 is 1.37 bits per heavy atom. The zero-order valence-corrected chi connectivity index (χ0v) is 17.2. The number of thioether (sulfide) groups is 1. The zero-order valence-electron chi connectivity index (χ0n) is 14.8. The Labute approximate surface area is 167 Å². The van der Waals surface area contributed by atoms with E-state index in [1.165, 1.54) is 0 Å². The summed E-state index contributed by atoms with van der Waals surface area (Å²) in [4.78, 5) is 34.6. The highest BCUT2D eigenvalue weighted by molar-refractivity contribution is 9.12. The van der Waals surface area contributed by atoms with Crippen LogP contribution in [0.15, 0.2) is 49.8 Å². The quantitative estimate of drug-likeness (QED) is 0.630. The van der Waals surface area contributed by atoms with E-state index in [0.29, 0.717) is 21.9 Å². The van der Waals surface area contributed by atoms with Gasteiger partial charge in [-0.2, -0.15) is 0 Å².